The van der Waals surface area contributed by atoms with E-state index < -0.39 is 6.67 Å². The van der Waals surface area contributed by atoms with Gasteiger partial charge in [0.25, 0.3) is 0 Å². The predicted molar refractivity (Wildman–Crippen MR) is 65.0 cm³/mol. The minimum Gasteiger partial charge on any atom is -0.495 e. The second-order valence-corrected chi connectivity index (χ2v) is 3.65. The Morgan fingerprint density at radius 1 is 1.59 bits per heavy atom. The number of amides is 1. The first kappa shape index (κ1) is 13.5. The van der Waals surface area contributed by atoms with Crippen LogP contribution < -0.4 is 10.1 Å². The van der Waals surface area contributed by atoms with Gasteiger partial charge in [0.2, 0.25) is 5.91 Å². The fourth-order valence-corrected chi connectivity index (χ4v) is 1.41. The Hall–Kier alpha value is -1.55. The average molecular weight is 258 g/mol. The molecule has 0 spiro atoms. The first-order valence-electron chi connectivity index (χ1n) is 5.00. The molecule has 3 nitrogen and oxygen atoms in total. The smallest absolute Gasteiger partial charge is 0.244 e. The molecular weight excluding hydrogens is 245 g/mol. The number of carbonyl (C=O) groups is 1. The lowest BCUT2D eigenvalue weighted by molar-refractivity contribution is -0.116. The minimum absolute atomic E-state index is 0.336. The molecule has 0 aliphatic rings. The van der Waals surface area contributed by atoms with Crippen molar-refractivity contribution in [1.82, 2.24) is 5.32 Å². The maximum absolute atomic E-state index is 11.8. The summed E-state index contributed by atoms with van der Waals surface area (Å²) in [4.78, 5) is 11.2. The van der Waals surface area contributed by atoms with Crippen LogP contribution in [0.15, 0.2) is 30.4 Å². The van der Waals surface area contributed by atoms with E-state index in [-0.39, 0.29) is 5.91 Å². The van der Waals surface area contributed by atoms with E-state index in [0.29, 0.717) is 17.3 Å². The highest BCUT2D eigenvalue weighted by Crippen LogP contribution is 2.24. The van der Waals surface area contributed by atoms with Crippen LogP contribution in [0.5, 0.6) is 5.75 Å². The molecule has 1 amide bonds. The van der Waals surface area contributed by atoms with Crippen LogP contribution in [0.1, 0.15) is 5.56 Å². The summed E-state index contributed by atoms with van der Waals surface area (Å²) in [6, 6.07) is 5.21. The Kier molecular flexibility index (Phi) is 5.49. The van der Waals surface area contributed by atoms with Crippen LogP contribution in [0.25, 0.3) is 0 Å². The van der Waals surface area contributed by atoms with Crippen molar-refractivity contribution in [2.45, 2.75) is 6.54 Å². The van der Waals surface area contributed by atoms with E-state index in [4.69, 9.17) is 16.3 Å². The monoisotopic (exact) mass is 257 g/mol. The normalized spacial score (nSPS) is 10.5. The fraction of sp³-hybridized carbons (Fsp3) is 0.250. The molecule has 0 aliphatic heterocycles. The van der Waals surface area contributed by atoms with Crippen LogP contribution >= 0.6 is 11.6 Å². The van der Waals surface area contributed by atoms with Gasteiger partial charge in [-0.25, -0.2) is 4.39 Å². The summed E-state index contributed by atoms with van der Waals surface area (Å²) < 4.78 is 16.8. The van der Waals surface area contributed by atoms with Crippen molar-refractivity contribution in [1.29, 1.82) is 0 Å². The molecule has 5 heteroatoms. The highest BCUT2D eigenvalue weighted by Gasteiger charge is 2.02. The van der Waals surface area contributed by atoms with Crippen LogP contribution in [0.2, 0.25) is 5.02 Å². The Morgan fingerprint density at radius 2 is 2.35 bits per heavy atom. The zero-order valence-electron chi connectivity index (χ0n) is 9.37. The largest absolute Gasteiger partial charge is 0.495 e. The Balaban J connectivity index is 2.57. The maximum Gasteiger partial charge on any atom is 0.244 e. The number of carbonyl (C=O) groups excluding carboxylic acids is 1. The molecule has 0 heterocycles. The number of halogens is 2. The molecule has 0 fully saturated rings. The van der Waals surface area contributed by atoms with Gasteiger partial charge in [0, 0.05) is 12.6 Å². The van der Waals surface area contributed by atoms with Crippen molar-refractivity contribution in [2.24, 2.45) is 0 Å². The van der Waals surface area contributed by atoms with Crippen molar-refractivity contribution in [2.75, 3.05) is 13.8 Å². The van der Waals surface area contributed by atoms with Gasteiger partial charge in [-0.2, -0.15) is 0 Å². The first-order valence-corrected chi connectivity index (χ1v) is 5.38. The lowest BCUT2D eigenvalue weighted by atomic mass is 10.2. The van der Waals surface area contributed by atoms with Crippen LogP contribution in [0.3, 0.4) is 0 Å². The van der Waals surface area contributed by atoms with E-state index in [1.807, 2.05) is 0 Å². The summed E-state index contributed by atoms with van der Waals surface area (Å²) in [6.45, 7) is -0.314. The Bertz CT molecular complexity index is 421. The summed E-state index contributed by atoms with van der Waals surface area (Å²) in [5, 5.41) is 3.13. The number of ether oxygens (including phenoxy) is 1. The second-order valence-electron chi connectivity index (χ2n) is 3.24. The molecule has 1 aromatic rings. The van der Waals surface area contributed by atoms with Crippen molar-refractivity contribution in [3.63, 3.8) is 0 Å². The molecule has 0 atom stereocenters. The van der Waals surface area contributed by atoms with Crippen LogP contribution in [0.4, 0.5) is 4.39 Å². The molecule has 0 saturated heterocycles. The second kappa shape index (κ2) is 6.91. The van der Waals surface area contributed by atoms with Crippen molar-refractivity contribution >= 4 is 17.5 Å². The summed E-state index contributed by atoms with van der Waals surface area (Å²) in [6.07, 6.45) is 2.31. The molecule has 1 N–H and O–H groups in total. The van der Waals surface area contributed by atoms with E-state index in [9.17, 15) is 9.18 Å². The van der Waals surface area contributed by atoms with Crippen molar-refractivity contribution in [3.05, 3.63) is 40.9 Å². The van der Waals surface area contributed by atoms with Crippen LogP contribution in [-0.2, 0) is 11.3 Å². The third-order valence-electron chi connectivity index (χ3n) is 2.04. The van der Waals surface area contributed by atoms with Crippen LogP contribution in [-0.4, -0.2) is 19.7 Å². The highest BCUT2D eigenvalue weighted by molar-refractivity contribution is 6.32. The molecule has 0 aromatic heterocycles. The lowest BCUT2D eigenvalue weighted by Gasteiger charge is -2.06. The molecule has 92 valence electrons. The van der Waals surface area contributed by atoms with Gasteiger partial charge in [-0.1, -0.05) is 17.7 Å². The Morgan fingerprint density at radius 3 is 3.00 bits per heavy atom. The van der Waals surface area contributed by atoms with Crippen LogP contribution in [0, 0.1) is 0 Å². The third kappa shape index (κ3) is 4.44. The number of alkyl halides is 1. The van der Waals surface area contributed by atoms with Gasteiger partial charge >= 0.3 is 0 Å². The summed E-state index contributed by atoms with van der Waals surface area (Å²) >= 11 is 5.86. The summed E-state index contributed by atoms with van der Waals surface area (Å²) in [5.74, 6) is 0.217. The number of methoxy groups -OCH3 is 1. The molecule has 0 aliphatic carbocycles. The van der Waals surface area contributed by atoms with Gasteiger partial charge in [-0.15, -0.1) is 0 Å². The number of benzene rings is 1. The molecule has 0 saturated carbocycles. The molecule has 1 aromatic carbocycles. The van der Waals surface area contributed by atoms with Gasteiger partial charge in [-0.3, -0.25) is 4.79 Å². The maximum atomic E-state index is 11.8. The quantitative estimate of drug-likeness (QED) is 0.823. The van der Waals surface area contributed by atoms with E-state index >= 15 is 0 Å². The van der Waals surface area contributed by atoms with Crippen molar-refractivity contribution < 1.29 is 13.9 Å². The number of allylic oxidation sites excluding steroid dienone is 1. The number of rotatable bonds is 5. The third-order valence-corrected chi connectivity index (χ3v) is 2.35. The number of nitrogens with one attached hydrogen (secondary N) is 1. The number of hydrogen-bond donors (Lipinski definition) is 1. The average Bonchev–Trinajstić information content (AvgIpc) is 2.35. The number of hydrogen-bond acceptors (Lipinski definition) is 2. The molecular formula is C12H13ClFNO2. The predicted octanol–water partition coefficient (Wildman–Crippen LogP) is 2.49. The zero-order chi connectivity index (χ0) is 12.7. The van der Waals surface area contributed by atoms with Crippen molar-refractivity contribution in [3.8, 4) is 5.75 Å². The highest BCUT2D eigenvalue weighted by atomic mass is 35.5. The van der Waals surface area contributed by atoms with Gasteiger partial charge in [-0.05, 0) is 23.8 Å². The molecule has 17 heavy (non-hydrogen) atoms. The van der Waals surface area contributed by atoms with Gasteiger partial charge in [0.05, 0.1) is 12.1 Å². The van der Waals surface area contributed by atoms with Gasteiger partial charge in [0.15, 0.2) is 0 Å². The first-order chi connectivity index (χ1) is 8.17. The van der Waals surface area contributed by atoms with E-state index in [2.05, 4.69) is 5.32 Å². The van der Waals surface area contributed by atoms with E-state index in [1.54, 1.807) is 18.2 Å². The summed E-state index contributed by atoms with van der Waals surface area (Å²) in [5.41, 5.74) is 0.855. The summed E-state index contributed by atoms with van der Waals surface area (Å²) in [7, 11) is 1.52. The molecule has 0 bridgehead atoms. The molecule has 1 rings (SSSR count). The van der Waals surface area contributed by atoms with E-state index in [1.165, 1.54) is 7.11 Å². The minimum atomic E-state index is -0.651. The fourth-order valence-electron chi connectivity index (χ4n) is 1.21. The SMILES string of the molecule is COc1cc(CNC(=O)/C=C/CF)ccc1Cl. The van der Waals surface area contributed by atoms with E-state index in [0.717, 1.165) is 17.7 Å². The Labute approximate surface area is 104 Å². The molecule has 0 radical (unpaired) electrons. The topological polar surface area (TPSA) is 38.3 Å². The lowest BCUT2D eigenvalue weighted by Crippen LogP contribution is -2.20. The van der Waals surface area contributed by atoms with Gasteiger partial charge < -0.3 is 10.1 Å². The standard InChI is InChI=1S/C12H13ClFNO2/c1-17-11-7-9(4-5-10(11)13)8-15-12(16)3-2-6-14/h2-5,7H,6,8H2,1H3,(H,15,16)/b3-2+. The molecule has 0 unspecified atom stereocenters. The van der Waals surface area contributed by atoms with Gasteiger partial charge in [0.1, 0.15) is 12.4 Å². The zero-order valence-corrected chi connectivity index (χ0v) is 10.1.